The normalized spacial score (nSPS) is 15.9. The molecule has 4 aromatic rings. The summed E-state index contributed by atoms with van der Waals surface area (Å²) in [5.41, 5.74) is 1.05. The fraction of sp³-hybridized carbons (Fsp3) is 0.343. The number of carbonyl (C=O) groups is 3. The Hall–Kier alpha value is -5.20. The van der Waals surface area contributed by atoms with Gasteiger partial charge in [-0.2, -0.15) is 18.2 Å². The van der Waals surface area contributed by atoms with Crippen molar-refractivity contribution in [2.24, 2.45) is 0 Å². The standard InChI is InChI=1S/C35H34F3N5O5/c36-35(37,38)32-31(48-34(40-32)43-13-11-26(12-14-43)25-6-2-1-3-7-25)28(44)20-24-9-10-29(39-22-24)41-15-17-42(18-16-41)30(45)21-23-5-4-8-27(19-23)33(46)47/h1-10,19,22,26H,11-18,20-21H2,(H,46,47). The number of aromatic nitrogens is 2. The van der Waals surface area contributed by atoms with E-state index in [-0.39, 0.29) is 36.2 Å². The highest BCUT2D eigenvalue weighted by Gasteiger charge is 2.42. The van der Waals surface area contributed by atoms with Crippen molar-refractivity contribution in [2.75, 3.05) is 49.1 Å². The minimum absolute atomic E-state index is 0.0948. The molecular formula is C35H34F3N5O5. The number of ketones is 1. The van der Waals surface area contributed by atoms with Gasteiger partial charge in [-0.1, -0.05) is 48.5 Å². The van der Waals surface area contributed by atoms with E-state index < -0.39 is 29.4 Å². The zero-order valence-electron chi connectivity index (χ0n) is 26.0. The van der Waals surface area contributed by atoms with Gasteiger partial charge in [-0.05, 0) is 53.6 Å². The van der Waals surface area contributed by atoms with E-state index in [1.165, 1.54) is 23.9 Å². The molecule has 250 valence electrons. The van der Waals surface area contributed by atoms with Crippen molar-refractivity contribution < 1.29 is 37.1 Å². The number of piperazine rings is 1. The van der Waals surface area contributed by atoms with Crippen LogP contribution in [0.15, 0.2) is 77.3 Å². The number of halogens is 3. The number of carbonyl (C=O) groups excluding carboxylic acids is 2. The first-order valence-electron chi connectivity index (χ1n) is 15.8. The lowest BCUT2D eigenvalue weighted by molar-refractivity contribution is -0.141. The van der Waals surface area contributed by atoms with Gasteiger partial charge < -0.3 is 24.2 Å². The van der Waals surface area contributed by atoms with Crippen molar-refractivity contribution in [3.05, 3.63) is 107 Å². The zero-order valence-corrected chi connectivity index (χ0v) is 26.0. The minimum atomic E-state index is -4.86. The molecule has 0 atom stereocenters. The maximum atomic E-state index is 13.9. The van der Waals surface area contributed by atoms with Crippen LogP contribution in [0.1, 0.15) is 62.1 Å². The van der Waals surface area contributed by atoms with Crippen LogP contribution in [0.4, 0.5) is 25.0 Å². The molecule has 2 fully saturated rings. The number of pyridine rings is 1. The van der Waals surface area contributed by atoms with E-state index in [0.29, 0.717) is 56.2 Å². The van der Waals surface area contributed by atoms with Crippen LogP contribution in [0.2, 0.25) is 0 Å². The molecule has 0 aliphatic carbocycles. The summed E-state index contributed by atoms with van der Waals surface area (Å²) in [7, 11) is 0. The summed E-state index contributed by atoms with van der Waals surface area (Å²) in [6.45, 7) is 2.81. The number of carboxylic acid groups (broad SMARTS) is 1. The average molecular weight is 662 g/mol. The number of alkyl halides is 3. The minimum Gasteiger partial charge on any atom is -0.478 e. The van der Waals surface area contributed by atoms with Crippen molar-refractivity contribution in [2.45, 2.75) is 37.8 Å². The number of amides is 1. The average Bonchev–Trinajstić information content (AvgIpc) is 3.56. The molecule has 1 N–H and O–H groups in total. The molecule has 6 rings (SSSR count). The number of anilines is 2. The summed E-state index contributed by atoms with van der Waals surface area (Å²) in [5.74, 6) is -1.89. The molecule has 4 heterocycles. The van der Waals surface area contributed by atoms with Gasteiger partial charge in [0.1, 0.15) is 5.82 Å². The summed E-state index contributed by atoms with van der Waals surface area (Å²) in [4.78, 5) is 50.7. The van der Waals surface area contributed by atoms with Crippen LogP contribution in [-0.4, -0.2) is 76.9 Å². The second-order valence-corrected chi connectivity index (χ2v) is 12.0. The highest BCUT2D eigenvalue weighted by atomic mass is 19.4. The summed E-state index contributed by atoms with van der Waals surface area (Å²) in [6, 6.07) is 19.4. The number of piperidine rings is 1. The molecule has 1 amide bonds. The Kier molecular flexibility index (Phi) is 9.47. The predicted octanol–water partition coefficient (Wildman–Crippen LogP) is 5.49. The Balaban J connectivity index is 1.04. The first-order valence-corrected chi connectivity index (χ1v) is 15.8. The summed E-state index contributed by atoms with van der Waals surface area (Å²) in [5, 5.41) is 9.19. The largest absolute Gasteiger partial charge is 0.478 e. The van der Waals surface area contributed by atoms with Gasteiger partial charge >= 0.3 is 12.1 Å². The summed E-state index contributed by atoms with van der Waals surface area (Å²) < 4.78 is 47.4. The zero-order chi connectivity index (χ0) is 33.8. The van der Waals surface area contributed by atoms with Crippen molar-refractivity contribution in [1.29, 1.82) is 0 Å². The first-order chi connectivity index (χ1) is 23.0. The van der Waals surface area contributed by atoms with Crippen LogP contribution in [0.3, 0.4) is 0 Å². The molecule has 2 aromatic carbocycles. The fourth-order valence-electron chi connectivity index (χ4n) is 6.21. The SMILES string of the molecule is O=C(O)c1cccc(CC(=O)N2CCN(c3ccc(CC(=O)c4oc(N5CCC(c6ccccc6)CC5)nc4C(F)(F)F)cn3)CC2)c1. The molecule has 13 heteroatoms. The topological polar surface area (TPSA) is 120 Å². The van der Waals surface area contributed by atoms with Crippen LogP contribution >= 0.6 is 0 Å². The van der Waals surface area contributed by atoms with E-state index in [4.69, 9.17) is 4.42 Å². The molecule has 10 nitrogen and oxygen atoms in total. The second kappa shape index (κ2) is 13.9. The lowest BCUT2D eigenvalue weighted by Gasteiger charge is -2.35. The van der Waals surface area contributed by atoms with Crippen LogP contribution < -0.4 is 9.80 Å². The van der Waals surface area contributed by atoms with E-state index in [1.807, 2.05) is 35.2 Å². The quantitative estimate of drug-likeness (QED) is 0.232. The van der Waals surface area contributed by atoms with Crippen LogP contribution in [0.5, 0.6) is 0 Å². The summed E-state index contributed by atoms with van der Waals surface area (Å²) >= 11 is 0. The monoisotopic (exact) mass is 661 g/mol. The van der Waals surface area contributed by atoms with E-state index >= 15 is 0 Å². The number of nitrogens with zero attached hydrogens (tertiary/aromatic N) is 5. The Morgan fingerprint density at radius 2 is 1.56 bits per heavy atom. The number of benzene rings is 2. The Morgan fingerprint density at radius 3 is 2.21 bits per heavy atom. The van der Waals surface area contributed by atoms with Gasteiger partial charge in [0, 0.05) is 51.9 Å². The predicted molar refractivity (Wildman–Crippen MR) is 170 cm³/mol. The van der Waals surface area contributed by atoms with Crippen LogP contribution in [0, 0.1) is 0 Å². The smallest absolute Gasteiger partial charge is 0.437 e. The Bertz CT molecular complexity index is 1760. The van der Waals surface area contributed by atoms with Crippen molar-refractivity contribution in [3.63, 3.8) is 0 Å². The van der Waals surface area contributed by atoms with Crippen LogP contribution in [0.25, 0.3) is 0 Å². The number of carboxylic acids is 1. The third-order valence-electron chi connectivity index (χ3n) is 8.83. The molecule has 2 saturated heterocycles. The highest BCUT2D eigenvalue weighted by Crippen LogP contribution is 2.37. The highest BCUT2D eigenvalue weighted by molar-refractivity contribution is 5.96. The molecule has 2 aliphatic rings. The number of hydrogen-bond donors (Lipinski definition) is 1. The van der Waals surface area contributed by atoms with Crippen molar-refractivity contribution >= 4 is 29.5 Å². The van der Waals surface area contributed by atoms with E-state index in [9.17, 15) is 32.7 Å². The Morgan fingerprint density at radius 1 is 0.833 bits per heavy atom. The number of Topliss-reactive ketones (excluding diaryl/α,β-unsaturated/α-hetero) is 1. The summed E-state index contributed by atoms with van der Waals surface area (Å²) in [6.07, 6.45) is -2.20. The molecule has 0 saturated carbocycles. The number of rotatable bonds is 9. The third-order valence-corrected chi connectivity index (χ3v) is 8.83. The molecule has 0 radical (unpaired) electrons. The lowest BCUT2D eigenvalue weighted by Crippen LogP contribution is -2.49. The molecule has 48 heavy (non-hydrogen) atoms. The van der Waals surface area contributed by atoms with Gasteiger partial charge in [-0.3, -0.25) is 9.59 Å². The van der Waals surface area contributed by atoms with Crippen LogP contribution in [-0.2, 0) is 23.8 Å². The maximum absolute atomic E-state index is 13.9. The number of hydrogen-bond acceptors (Lipinski definition) is 8. The third kappa shape index (κ3) is 7.50. The number of aromatic carboxylic acids is 1. The van der Waals surface area contributed by atoms with Gasteiger partial charge in [0.25, 0.3) is 6.01 Å². The first kappa shape index (κ1) is 32.7. The molecule has 0 spiro atoms. The van der Waals surface area contributed by atoms with E-state index in [0.717, 1.165) is 12.8 Å². The Labute approximate surface area is 274 Å². The molecule has 0 unspecified atom stereocenters. The van der Waals surface area contributed by atoms with E-state index in [1.54, 1.807) is 34.1 Å². The maximum Gasteiger partial charge on any atom is 0.437 e. The molecule has 2 aromatic heterocycles. The van der Waals surface area contributed by atoms with Gasteiger partial charge in [0.05, 0.1) is 12.0 Å². The van der Waals surface area contributed by atoms with Gasteiger partial charge in [0.15, 0.2) is 5.69 Å². The van der Waals surface area contributed by atoms with Gasteiger partial charge in [-0.25, -0.2) is 9.78 Å². The van der Waals surface area contributed by atoms with Gasteiger partial charge in [0.2, 0.25) is 17.5 Å². The fourth-order valence-corrected chi connectivity index (χ4v) is 6.21. The second-order valence-electron chi connectivity index (χ2n) is 12.0. The lowest BCUT2D eigenvalue weighted by atomic mass is 9.90. The number of oxazole rings is 1. The van der Waals surface area contributed by atoms with Gasteiger partial charge in [-0.15, -0.1) is 0 Å². The molecule has 0 bridgehead atoms. The molecule has 2 aliphatic heterocycles. The van der Waals surface area contributed by atoms with E-state index in [2.05, 4.69) is 9.97 Å². The van der Waals surface area contributed by atoms with Crippen molar-refractivity contribution in [1.82, 2.24) is 14.9 Å². The molecular weight excluding hydrogens is 627 g/mol. The van der Waals surface area contributed by atoms with Crippen molar-refractivity contribution in [3.8, 4) is 0 Å².